The van der Waals surface area contributed by atoms with Gasteiger partial charge in [-0.15, -0.1) is 16.7 Å². The van der Waals surface area contributed by atoms with Gasteiger partial charge >= 0.3 is 0 Å². The van der Waals surface area contributed by atoms with E-state index in [-0.39, 0.29) is 0 Å². The van der Waals surface area contributed by atoms with Crippen LogP contribution in [0.25, 0.3) is 0 Å². The van der Waals surface area contributed by atoms with Gasteiger partial charge in [-0.05, 0) is 31.9 Å². The summed E-state index contributed by atoms with van der Waals surface area (Å²) in [6.07, 6.45) is 2.37. The fourth-order valence-electron chi connectivity index (χ4n) is 1.84. The average Bonchev–Trinajstić information content (AvgIpc) is 2.67. The molecule has 1 aromatic rings. The van der Waals surface area contributed by atoms with Crippen LogP contribution < -0.4 is 4.90 Å². The Morgan fingerprint density at radius 1 is 1.50 bits per heavy atom. The van der Waals surface area contributed by atoms with Crippen LogP contribution in [0.1, 0.15) is 18.5 Å². The summed E-state index contributed by atoms with van der Waals surface area (Å²) >= 11 is 5.89. The first kappa shape index (κ1) is 9.71. The maximum atomic E-state index is 5.89. The molecule has 1 aromatic heterocycles. The fourth-order valence-corrected chi connectivity index (χ4v) is 2.16. The van der Waals surface area contributed by atoms with Crippen molar-refractivity contribution in [2.45, 2.75) is 25.8 Å². The summed E-state index contributed by atoms with van der Waals surface area (Å²) in [5, 5.41) is 8.23. The van der Waals surface area contributed by atoms with Gasteiger partial charge in [-0.2, -0.15) is 5.10 Å². The van der Waals surface area contributed by atoms with E-state index < -0.39 is 0 Å². The van der Waals surface area contributed by atoms with Gasteiger partial charge < -0.3 is 4.90 Å². The molecule has 0 N–H and O–H groups in total. The van der Waals surface area contributed by atoms with Crippen molar-refractivity contribution in [2.75, 3.05) is 17.3 Å². The quantitative estimate of drug-likeness (QED) is 0.701. The second kappa shape index (κ2) is 4.13. The highest BCUT2D eigenvalue weighted by molar-refractivity contribution is 6.18. The number of hydrogen-bond donors (Lipinski definition) is 0. The molecule has 1 aliphatic rings. The van der Waals surface area contributed by atoms with Crippen molar-refractivity contribution in [2.24, 2.45) is 0 Å². The van der Waals surface area contributed by atoms with Crippen LogP contribution in [-0.2, 0) is 0 Å². The zero-order valence-electron chi connectivity index (χ0n) is 8.28. The highest BCUT2D eigenvalue weighted by atomic mass is 35.5. The second-order valence-corrected chi connectivity index (χ2v) is 3.99. The van der Waals surface area contributed by atoms with Crippen LogP contribution in [0.4, 0.5) is 5.82 Å². The predicted octanol–water partition coefficient (Wildman–Crippen LogP) is 1.99. The number of anilines is 1. The first-order valence-corrected chi connectivity index (χ1v) is 5.47. The molecule has 76 valence electrons. The van der Waals surface area contributed by atoms with Crippen molar-refractivity contribution in [1.82, 2.24) is 10.2 Å². The SMILES string of the molecule is Cc1ccc(N2CCCC2CCl)nn1. The minimum absolute atomic E-state index is 0.439. The number of alkyl halides is 1. The molecule has 0 saturated carbocycles. The van der Waals surface area contributed by atoms with E-state index in [1.807, 2.05) is 19.1 Å². The van der Waals surface area contributed by atoms with E-state index in [1.165, 1.54) is 12.8 Å². The standard InChI is InChI=1S/C10H14ClN3/c1-8-4-5-10(13-12-8)14-6-2-3-9(14)7-11/h4-5,9H,2-3,6-7H2,1H3. The molecule has 2 heterocycles. The number of nitrogens with zero attached hydrogens (tertiary/aromatic N) is 3. The van der Waals surface area contributed by atoms with Gasteiger partial charge in [-0.25, -0.2) is 0 Å². The smallest absolute Gasteiger partial charge is 0.151 e. The lowest BCUT2D eigenvalue weighted by atomic mass is 10.2. The summed E-state index contributed by atoms with van der Waals surface area (Å²) in [5.74, 6) is 1.63. The third-order valence-corrected chi connectivity index (χ3v) is 2.99. The second-order valence-electron chi connectivity index (χ2n) is 3.68. The molecule has 1 saturated heterocycles. The van der Waals surface area contributed by atoms with E-state index in [2.05, 4.69) is 15.1 Å². The topological polar surface area (TPSA) is 29.0 Å². The van der Waals surface area contributed by atoms with Crippen molar-refractivity contribution in [3.05, 3.63) is 17.8 Å². The van der Waals surface area contributed by atoms with Gasteiger partial charge in [0, 0.05) is 18.5 Å². The summed E-state index contributed by atoms with van der Waals surface area (Å²) in [6, 6.07) is 4.45. The van der Waals surface area contributed by atoms with Gasteiger partial charge in [-0.3, -0.25) is 0 Å². The number of aromatic nitrogens is 2. The van der Waals surface area contributed by atoms with Crippen LogP contribution in [0.2, 0.25) is 0 Å². The summed E-state index contributed by atoms with van der Waals surface area (Å²) in [7, 11) is 0. The molecule has 0 radical (unpaired) electrons. The Hall–Kier alpha value is -0.830. The Morgan fingerprint density at radius 3 is 3.00 bits per heavy atom. The molecular formula is C10H14ClN3. The first-order chi connectivity index (χ1) is 6.81. The normalized spacial score (nSPS) is 21.6. The van der Waals surface area contributed by atoms with Crippen LogP contribution in [0.3, 0.4) is 0 Å². The molecule has 1 fully saturated rings. The van der Waals surface area contributed by atoms with Crippen molar-refractivity contribution < 1.29 is 0 Å². The summed E-state index contributed by atoms with van der Waals surface area (Å²) in [5.41, 5.74) is 0.954. The average molecular weight is 212 g/mol. The molecule has 0 spiro atoms. The Labute approximate surface area is 89.1 Å². The molecule has 0 aromatic carbocycles. The van der Waals surface area contributed by atoms with E-state index in [0.717, 1.165) is 18.1 Å². The molecular weight excluding hydrogens is 198 g/mol. The minimum Gasteiger partial charge on any atom is -0.351 e. The Bertz CT molecular complexity index is 299. The molecule has 0 amide bonds. The van der Waals surface area contributed by atoms with Crippen LogP contribution in [-0.4, -0.2) is 28.7 Å². The molecule has 0 aliphatic carbocycles. The van der Waals surface area contributed by atoms with Crippen molar-refractivity contribution in [3.8, 4) is 0 Å². The molecule has 1 aliphatic heterocycles. The van der Waals surface area contributed by atoms with Gasteiger partial charge in [0.15, 0.2) is 5.82 Å². The number of hydrogen-bond acceptors (Lipinski definition) is 3. The van der Waals surface area contributed by atoms with E-state index in [9.17, 15) is 0 Å². The number of rotatable bonds is 2. The molecule has 14 heavy (non-hydrogen) atoms. The minimum atomic E-state index is 0.439. The lowest BCUT2D eigenvalue weighted by molar-refractivity contribution is 0.725. The molecule has 4 heteroatoms. The van der Waals surface area contributed by atoms with Gasteiger partial charge in [0.2, 0.25) is 0 Å². The van der Waals surface area contributed by atoms with E-state index in [1.54, 1.807) is 0 Å². The molecule has 0 bridgehead atoms. The maximum absolute atomic E-state index is 5.89. The van der Waals surface area contributed by atoms with E-state index >= 15 is 0 Å². The Balaban J connectivity index is 2.17. The molecule has 3 nitrogen and oxygen atoms in total. The van der Waals surface area contributed by atoms with Crippen LogP contribution >= 0.6 is 11.6 Å². The number of aryl methyl sites for hydroxylation is 1. The maximum Gasteiger partial charge on any atom is 0.151 e. The van der Waals surface area contributed by atoms with E-state index in [4.69, 9.17) is 11.6 Å². The lowest BCUT2D eigenvalue weighted by Crippen LogP contribution is -2.31. The zero-order chi connectivity index (χ0) is 9.97. The van der Waals surface area contributed by atoms with Crippen LogP contribution in [0.5, 0.6) is 0 Å². The first-order valence-electron chi connectivity index (χ1n) is 4.94. The molecule has 2 rings (SSSR count). The van der Waals surface area contributed by atoms with Crippen molar-refractivity contribution >= 4 is 17.4 Å². The highest BCUT2D eigenvalue weighted by Gasteiger charge is 2.24. The van der Waals surface area contributed by atoms with Crippen LogP contribution in [0.15, 0.2) is 12.1 Å². The third kappa shape index (κ3) is 1.82. The molecule has 1 atom stereocenters. The largest absolute Gasteiger partial charge is 0.351 e. The fraction of sp³-hybridized carbons (Fsp3) is 0.600. The van der Waals surface area contributed by atoms with Gasteiger partial charge in [0.05, 0.1) is 5.69 Å². The van der Waals surface area contributed by atoms with Crippen molar-refractivity contribution in [3.63, 3.8) is 0 Å². The molecule has 1 unspecified atom stereocenters. The van der Waals surface area contributed by atoms with Gasteiger partial charge in [0.25, 0.3) is 0 Å². The van der Waals surface area contributed by atoms with Crippen LogP contribution in [0, 0.1) is 6.92 Å². The zero-order valence-corrected chi connectivity index (χ0v) is 9.04. The Kier molecular flexibility index (Phi) is 2.87. The van der Waals surface area contributed by atoms with Gasteiger partial charge in [-0.1, -0.05) is 0 Å². The number of halogens is 1. The highest BCUT2D eigenvalue weighted by Crippen LogP contribution is 2.23. The van der Waals surface area contributed by atoms with E-state index in [0.29, 0.717) is 11.9 Å². The van der Waals surface area contributed by atoms with Gasteiger partial charge in [0.1, 0.15) is 0 Å². The monoisotopic (exact) mass is 211 g/mol. The third-order valence-electron chi connectivity index (χ3n) is 2.63. The summed E-state index contributed by atoms with van der Waals surface area (Å²) < 4.78 is 0. The predicted molar refractivity (Wildman–Crippen MR) is 57.9 cm³/mol. The summed E-state index contributed by atoms with van der Waals surface area (Å²) in [6.45, 7) is 2.99. The van der Waals surface area contributed by atoms with Crippen molar-refractivity contribution in [1.29, 1.82) is 0 Å². The summed E-state index contributed by atoms with van der Waals surface area (Å²) in [4.78, 5) is 2.25. The Morgan fingerprint density at radius 2 is 2.36 bits per heavy atom. The lowest BCUT2D eigenvalue weighted by Gasteiger charge is -2.23.